The summed E-state index contributed by atoms with van der Waals surface area (Å²) in [7, 11) is 0. The summed E-state index contributed by atoms with van der Waals surface area (Å²) in [5, 5.41) is 19.2. The molecule has 2 rings (SSSR count). The van der Waals surface area contributed by atoms with Gasteiger partial charge in [-0.2, -0.15) is 10.5 Å². The molecule has 0 radical (unpaired) electrons. The topological polar surface area (TPSA) is 127 Å². The zero-order valence-corrected chi connectivity index (χ0v) is 13.9. The number of esters is 1. The number of hydrogen-bond acceptors (Lipinski definition) is 7. The van der Waals surface area contributed by atoms with Gasteiger partial charge in [-0.1, -0.05) is 11.8 Å². The Kier molecular flexibility index (Phi) is 5.46. The predicted octanol–water partition coefficient (Wildman–Crippen LogP) is 2.13. The molecule has 0 atom stereocenters. The van der Waals surface area contributed by atoms with Gasteiger partial charge in [-0.05, 0) is 26.0 Å². The van der Waals surface area contributed by atoms with Crippen LogP contribution in [0.15, 0.2) is 27.8 Å². The van der Waals surface area contributed by atoms with Crippen molar-refractivity contribution >= 4 is 23.5 Å². The van der Waals surface area contributed by atoms with Crippen LogP contribution in [-0.2, 0) is 9.53 Å². The van der Waals surface area contributed by atoms with E-state index in [0.717, 1.165) is 11.8 Å². The number of nitrogens with one attached hydrogen (secondary N) is 1. The van der Waals surface area contributed by atoms with Crippen molar-refractivity contribution < 1.29 is 18.9 Å². The third-order valence-corrected chi connectivity index (χ3v) is 3.91. The van der Waals surface area contributed by atoms with Crippen LogP contribution in [0.1, 0.15) is 25.0 Å². The molecule has 0 spiro atoms. The number of H-pyrrole nitrogens is 1. The van der Waals surface area contributed by atoms with Crippen molar-refractivity contribution in [3.63, 3.8) is 0 Å². The first kappa shape index (κ1) is 17.4. The van der Waals surface area contributed by atoms with Crippen molar-refractivity contribution in [3.05, 3.63) is 29.5 Å². The Bertz CT molecular complexity index is 832. The van der Waals surface area contributed by atoms with Gasteiger partial charge in [0, 0.05) is 0 Å². The van der Waals surface area contributed by atoms with Crippen molar-refractivity contribution in [1.82, 2.24) is 0 Å². The molecule has 0 unspecified atom stereocenters. The number of furan rings is 1. The van der Waals surface area contributed by atoms with Gasteiger partial charge in [0.2, 0.25) is 0 Å². The van der Waals surface area contributed by atoms with Gasteiger partial charge in [0.1, 0.15) is 23.5 Å². The first-order valence-electron chi connectivity index (χ1n) is 7.03. The molecule has 0 fully saturated rings. The summed E-state index contributed by atoms with van der Waals surface area (Å²) >= 11 is 1.08. The maximum Gasteiger partial charge on any atom is 0.316 e. The number of hydrogen-bond donors (Lipinski definition) is 1. The number of nitrogen functional groups attached to an aromatic ring is 1. The number of carbonyl (C=O) groups excluding carboxylic acids is 1. The Morgan fingerprint density at radius 2 is 2.12 bits per heavy atom. The molecule has 0 amide bonds. The minimum atomic E-state index is -0.408. The molecule has 122 valence electrons. The Labute approximate surface area is 143 Å². The fourth-order valence-electron chi connectivity index (χ4n) is 2.05. The SMILES string of the molecule is CC(C)OC(=O)CSc1[nH+]c(N)c(C#N)c(-c2ccco2)c1C#N. The smallest absolute Gasteiger partial charge is 0.316 e. The molecule has 0 bridgehead atoms. The number of pyridine rings is 1. The Morgan fingerprint density at radius 1 is 1.42 bits per heavy atom. The number of ether oxygens (including phenoxy) is 1. The molecule has 3 N–H and O–H groups in total. The van der Waals surface area contributed by atoms with E-state index in [-0.39, 0.29) is 28.8 Å². The lowest BCUT2D eigenvalue weighted by molar-refractivity contribution is -0.410. The summed E-state index contributed by atoms with van der Waals surface area (Å²) in [6.07, 6.45) is 1.22. The van der Waals surface area contributed by atoms with Crippen LogP contribution in [0.2, 0.25) is 0 Å². The van der Waals surface area contributed by atoms with Crippen LogP contribution in [0.5, 0.6) is 0 Å². The van der Waals surface area contributed by atoms with Crippen LogP contribution in [0.4, 0.5) is 5.82 Å². The van der Waals surface area contributed by atoms with E-state index < -0.39 is 5.97 Å². The van der Waals surface area contributed by atoms with Crippen molar-refractivity contribution in [1.29, 1.82) is 10.5 Å². The molecule has 0 aliphatic rings. The molecule has 2 aromatic heterocycles. The summed E-state index contributed by atoms with van der Waals surface area (Å²) in [6, 6.07) is 7.31. The molecule has 0 saturated carbocycles. The fourth-order valence-corrected chi connectivity index (χ4v) is 2.85. The van der Waals surface area contributed by atoms with Crippen LogP contribution in [0.25, 0.3) is 11.3 Å². The van der Waals surface area contributed by atoms with Crippen molar-refractivity contribution in [2.75, 3.05) is 11.5 Å². The molecule has 8 heteroatoms. The van der Waals surface area contributed by atoms with Gasteiger partial charge in [-0.15, -0.1) is 0 Å². The quantitative estimate of drug-likeness (QED) is 0.650. The highest BCUT2D eigenvalue weighted by molar-refractivity contribution is 7.99. The number of nitriles is 2. The van der Waals surface area contributed by atoms with Crippen molar-refractivity contribution in [2.45, 2.75) is 25.0 Å². The first-order valence-corrected chi connectivity index (χ1v) is 8.01. The van der Waals surface area contributed by atoms with E-state index in [1.807, 2.05) is 12.1 Å². The van der Waals surface area contributed by atoms with Crippen LogP contribution in [0.3, 0.4) is 0 Å². The van der Waals surface area contributed by atoms with Gasteiger partial charge in [-0.25, -0.2) is 4.98 Å². The molecule has 0 saturated heterocycles. The lowest BCUT2D eigenvalue weighted by atomic mass is 10.0. The largest absolute Gasteiger partial charge is 0.464 e. The zero-order chi connectivity index (χ0) is 17.7. The molecule has 2 heterocycles. The highest BCUT2D eigenvalue weighted by Gasteiger charge is 2.25. The van der Waals surface area contributed by atoms with Crippen molar-refractivity contribution in [3.8, 4) is 23.5 Å². The number of thioether (sulfide) groups is 1. The maximum absolute atomic E-state index is 11.7. The van der Waals surface area contributed by atoms with E-state index in [2.05, 4.69) is 4.98 Å². The highest BCUT2D eigenvalue weighted by Crippen LogP contribution is 2.33. The molecule has 0 aliphatic carbocycles. The zero-order valence-electron chi connectivity index (χ0n) is 13.1. The lowest BCUT2D eigenvalue weighted by Gasteiger charge is -2.09. The summed E-state index contributed by atoms with van der Waals surface area (Å²) in [5.41, 5.74) is 6.51. The fraction of sp³-hybridized carbons (Fsp3) is 0.250. The average Bonchev–Trinajstić information content (AvgIpc) is 3.05. The lowest BCUT2D eigenvalue weighted by Crippen LogP contribution is -2.20. The normalized spacial score (nSPS) is 10.2. The molecule has 0 aliphatic heterocycles. The second kappa shape index (κ2) is 7.53. The van der Waals surface area contributed by atoms with Gasteiger partial charge in [0.15, 0.2) is 10.6 Å². The molecule has 24 heavy (non-hydrogen) atoms. The van der Waals surface area contributed by atoms with Gasteiger partial charge < -0.3 is 9.15 Å². The molecule has 7 nitrogen and oxygen atoms in total. The van der Waals surface area contributed by atoms with E-state index in [0.29, 0.717) is 16.3 Å². The number of nitrogens with zero attached hydrogens (tertiary/aromatic N) is 2. The van der Waals surface area contributed by atoms with Crippen LogP contribution in [-0.4, -0.2) is 17.8 Å². The predicted molar refractivity (Wildman–Crippen MR) is 86.5 cm³/mol. The van der Waals surface area contributed by atoms with Crippen molar-refractivity contribution in [2.24, 2.45) is 0 Å². The number of aromatic nitrogens is 1. The third kappa shape index (κ3) is 3.67. The second-order valence-electron chi connectivity index (χ2n) is 5.02. The molecule has 0 aromatic carbocycles. The number of rotatable bonds is 5. The standard InChI is InChI=1S/C16H14N4O3S/c1-9(2)23-13(21)8-24-16-11(7-18)14(12-4-3-5-22-12)10(6-17)15(19)20-16/h3-5,9H,8H2,1-2H3,(H2,19,20)/p+1. The van der Waals surface area contributed by atoms with E-state index in [1.165, 1.54) is 6.26 Å². The number of nitrogens with two attached hydrogens (primary N) is 1. The summed E-state index contributed by atoms with van der Waals surface area (Å²) in [4.78, 5) is 14.5. The minimum Gasteiger partial charge on any atom is -0.464 e. The van der Waals surface area contributed by atoms with Gasteiger partial charge in [0.05, 0.1) is 23.7 Å². The third-order valence-electron chi connectivity index (χ3n) is 2.94. The van der Waals surface area contributed by atoms with Crippen LogP contribution >= 0.6 is 11.8 Å². The first-order chi connectivity index (χ1) is 11.5. The van der Waals surface area contributed by atoms with E-state index in [4.69, 9.17) is 14.9 Å². The summed E-state index contributed by atoms with van der Waals surface area (Å²) < 4.78 is 10.4. The van der Waals surface area contributed by atoms with Crippen LogP contribution in [0, 0.1) is 22.7 Å². The van der Waals surface area contributed by atoms with Crippen LogP contribution < -0.4 is 10.7 Å². The molecular weight excluding hydrogens is 328 g/mol. The van der Waals surface area contributed by atoms with E-state index >= 15 is 0 Å². The number of anilines is 1. The summed E-state index contributed by atoms with van der Waals surface area (Å²) in [6.45, 7) is 3.51. The Hall–Kier alpha value is -2.97. The summed E-state index contributed by atoms with van der Waals surface area (Å²) in [5.74, 6) is 0.0551. The minimum absolute atomic E-state index is 0.00625. The van der Waals surface area contributed by atoms with Gasteiger partial charge >= 0.3 is 5.97 Å². The van der Waals surface area contributed by atoms with Gasteiger partial charge in [0.25, 0.3) is 5.82 Å². The van der Waals surface area contributed by atoms with Gasteiger partial charge in [-0.3, -0.25) is 10.5 Å². The monoisotopic (exact) mass is 343 g/mol. The number of aromatic amines is 1. The highest BCUT2D eigenvalue weighted by atomic mass is 32.2. The average molecular weight is 343 g/mol. The molecule has 2 aromatic rings. The second-order valence-corrected chi connectivity index (χ2v) is 6.01. The Morgan fingerprint density at radius 3 is 2.67 bits per heavy atom. The number of carbonyl (C=O) groups is 1. The van der Waals surface area contributed by atoms with E-state index in [9.17, 15) is 15.3 Å². The van der Waals surface area contributed by atoms with E-state index in [1.54, 1.807) is 26.0 Å². The maximum atomic E-state index is 11.7. The molecular formula is C16H15N4O3S+. The Balaban J connectivity index is 2.45.